The number of anilines is 2. The lowest BCUT2D eigenvalue weighted by Crippen LogP contribution is -2.39. The van der Waals surface area contributed by atoms with E-state index in [1.54, 1.807) is 18.1 Å². The number of hydrogen-bond donors (Lipinski definition) is 2. The fraction of sp³-hybridized carbons (Fsp3) is 0.444. The number of fused-ring (bicyclic) bond motifs is 2. The third-order valence-electron chi connectivity index (χ3n) is 7.30. The van der Waals surface area contributed by atoms with Gasteiger partial charge in [0.1, 0.15) is 11.4 Å². The van der Waals surface area contributed by atoms with Gasteiger partial charge in [-0.3, -0.25) is 9.59 Å². The topological polar surface area (TPSA) is 100 Å². The number of halogens is 2. The van der Waals surface area contributed by atoms with Crippen LogP contribution in [0.2, 0.25) is 5.28 Å². The highest BCUT2D eigenvalue weighted by Crippen LogP contribution is 2.43. The Morgan fingerprint density at radius 1 is 1.16 bits per heavy atom. The van der Waals surface area contributed by atoms with Crippen LogP contribution in [0.15, 0.2) is 22.9 Å². The van der Waals surface area contributed by atoms with E-state index in [0.29, 0.717) is 42.6 Å². The van der Waals surface area contributed by atoms with Gasteiger partial charge >= 0.3 is 0 Å². The summed E-state index contributed by atoms with van der Waals surface area (Å²) in [6.07, 6.45) is 4.15. The van der Waals surface area contributed by atoms with E-state index in [4.69, 9.17) is 11.6 Å². The molecule has 0 radical (unpaired) electrons. The summed E-state index contributed by atoms with van der Waals surface area (Å²) in [5.74, 6) is -0.870. The van der Waals surface area contributed by atoms with Crippen LogP contribution in [0.25, 0.3) is 5.57 Å². The summed E-state index contributed by atoms with van der Waals surface area (Å²) in [4.78, 5) is 40.3. The number of allylic oxidation sites excluding steroid dienone is 1. The Kier molecular flexibility index (Phi) is 6.52. The van der Waals surface area contributed by atoms with E-state index < -0.39 is 5.82 Å². The molecule has 2 aromatic rings. The van der Waals surface area contributed by atoms with E-state index in [1.807, 2.05) is 27.7 Å². The second kappa shape index (κ2) is 9.52. The predicted octanol–water partition coefficient (Wildman–Crippen LogP) is 4.62. The minimum absolute atomic E-state index is 0.0259. The smallest absolute Gasteiger partial charge is 0.259 e. The van der Waals surface area contributed by atoms with Crippen LogP contribution in [0.5, 0.6) is 0 Å². The van der Waals surface area contributed by atoms with Gasteiger partial charge in [-0.25, -0.2) is 14.4 Å². The zero-order valence-electron chi connectivity index (χ0n) is 21.6. The molecule has 1 atom stereocenters. The van der Waals surface area contributed by atoms with E-state index in [0.717, 1.165) is 28.7 Å². The van der Waals surface area contributed by atoms with E-state index >= 15 is 4.39 Å². The Morgan fingerprint density at radius 3 is 2.62 bits per heavy atom. The Balaban J connectivity index is 1.64. The summed E-state index contributed by atoms with van der Waals surface area (Å²) in [7, 11) is 1.70. The maximum Gasteiger partial charge on any atom is 0.259 e. The average Bonchev–Trinajstić information content (AvgIpc) is 2.82. The standard InChI is InChI=1S/C27H30ClFN6O2/c1-12(2)18-16(19-13(3)10-14(4)31-25(19)36)7-6-15-11-30-24(22(29)20(15)18)33-23-21-17(32-27(28)34-23)8-9-35(5)26(21)37/h11-12,14H,6-10H2,1-5H3,(H,31,36)(H,30,32,33,34). The summed E-state index contributed by atoms with van der Waals surface area (Å²) in [5, 5.41) is 5.94. The fourth-order valence-corrected chi connectivity index (χ4v) is 5.87. The first-order valence-electron chi connectivity index (χ1n) is 12.6. The average molecular weight is 525 g/mol. The van der Waals surface area contributed by atoms with Crippen molar-refractivity contribution in [2.75, 3.05) is 18.9 Å². The summed E-state index contributed by atoms with van der Waals surface area (Å²) in [6.45, 7) is 8.49. The van der Waals surface area contributed by atoms with Crippen molar-refractivity contribution in [3.63, 3.8) is 0 Å². The van der Waals surface area contributed by atoms with Crippen molar-refractivity contribution in [3.8, 4) is 0 Å². The quantitative estimate of drug-likeness (QED) is 0.566. The van der Waals surface area contributed by atoms with Crippen molar-refractivity contribution in [1.29, 1.82) is 0 Å². The third-order valence-corrected chi connectivity index (χ3v) is 7.47. The first-order chi connectivity index (χ1) is 17.6. The van der Waals surface area contributed by atoms with Crippen molar-refractivity contribution in [2.45, 2.75) is 59.4 Å². The molecule has 0 saturated heterocycles. The molecule has 0 fully saturated rings. The van der Waals surface area contributed by atoms with Crippen LogP contribution in [0.1, 0.15) is 67.7 Å². The van der Waals surface area contributed by atoms with E-state index in [9.17, 15) is 9.59 Å². The van der Waals surface area contributed by atoms with Crippen LogP contribution in [0.4, 0.5) is 16.0 Å². The third kappa shape index (κ3) is 4.39. The van der Waals surface area contributed by atoms with Crippen molar-refractivity contribution in [1.82, 2.24) is 25.2 Å². The molecule has 0 spiro atoms. The molecule has 1 aliphatic carbocycles. The van der Waals surface area contributed by atoms with Gasteiger partial charge in [-0.15, -0.1) is 0 Å². The number of nitrogens with zero attached hydrogens (tertiary/aromatic N) is 4. The number of likely N-dealkylation sites (N-methyl/N-ethyl adjacent to an activating group) is 1. The van der Waals surface area contributed by atoms with Crippen LogP contribution in [-0.2, 0) is 17.6 Å². The summed E-state index contributed by atoms with van der Waals surface area (Å²) in [6, 6.07) is 0.0688. The van der Waals surface area contributed by atoms with Gasteiger partial charge in [0.15, 0.2) is 11.6 Å². The summed E-state index contributed by atoms with van der Waals surface area (Å²) >= 11 is 6.14. The Hall–Kier alpha value is -3.33. The van der Waals surface area contributed by atoms with Crippen LogP contribution in [-0.4, -0.2) is 51.3 Å². The number of aryl methyl sites for hydroxylation is 1. The minimum Gasteiger partial charge on any atom is -0.349 e. The first kappa shape index (κ1) is 25.3. The van der Waals surface area contributed by atoms with E-state index in [2.05, 4.69) is 25.6 Å². The van der Waals surface area contributed by atoms with Gasteiger partial charge < -0.3 is 15.5 Å². The van der Waals surface area contributed by atoms with Gasteiger partial charge in [-0.1, -0.05) is 19.4 Å². The number of aromatic nitrogens is 3. The number of nitrogens with one attached hydrogen (secondary N) is 2. The normalized spacial score (nSPS) is 19.8. The molecule has 0 saturated carbocycles. The molecule has 37 heavy (non-hydrogen) atoms. The van der Waals surface area contributed by atoms with Crippen molar-refractivity contribution >= 4 is 40.6 Å². The summed E-state index contributed by atoms with van der Waals surface area (Å²) < 4.78 is 16.3. The van der Waals surface area contributed by atoms with Crippen LogP contribution >= 0.6 is 11.6 Å². The second-order valence-electron chi connectivity index (χ2n) is 10.4. The van der Waals surface area contributed by atoms with Crippen molar-refractivity contribution in [2.24, 2.45) is 5.92 Å². The molecule has 2 aromatic heterocycles. The van der Waals surface area contributed by atoms with Gasteiger partial charge in [0, 0.05) is 43.4 Å². The second-order valence-corrected chi connectivity index (χ2v) is 10.7. The highest BCUT2D eigenvalue weighted by atomic mass is 35.5. The van der Waals surface area contributed by atoms with Gasteiger partial charge in [-0.2, -0.15) is 4.98 Å². The zero-order valence-corrected chi connectivity index (χ0v) is 22.4. The number of amides is 2. The molecule has 194 valence electrons. The number of hydrogen-bond acceptors (Lipinski definition) is 6. The highest BCUT2D eigenvalue weighted by molar-refractivity contribution is 6.28. The fourth-order valence-electron chi connectivity index (χ4n) is 5.68. The van der Waals surface area contributed by atoms with Crippen LogP contribution in [0.3, 0.4) is 0 Å². The lowest BCUT2D eigenvalue weighted by atomic mass is 9.76. The van der Waals surface area contributed by atoms with Crippen molar-refractivity contribution in [3.05, 3.63) is 56.4 Å². The Labute approximate surface area is 220 Å². The maximum absolute atomic E-state index is 16.3. The molecule has 1 unspecified atom stereocenters. The van der Waals surface area contributed by atoms with Crippen LogP contribution in [0, 0.1) is 11.7 Å². The Morgan fingerprint density at radius 2 is 1.92 bits per heavy atom. The number of carbonyl (C=O) groups excluding carboxylic acids is 2. The van der Waals surface area contributed by atoms with Gasteiger partial charge in [0.05, 0.1) is 5.69 Å². The summed E-state index contributed by atoms with van der Waals surface area (Å²) in [5.41, 5.74) is 5.42. The van der Waals surface area contributed by atoms with Gasteiger partial charge in [0.25, 0.3) is 11.8 Å². The molecule has 3 aliphatic rings. The zero-order chi connectivity index (χ0) is 26.6. The SMILES string of the molecule is CC1=C(C2=C(C(C)C)c3c(cnc(Nc4nc(Cl)nc5c4C(=O)N(C)CC5)c3F)CC2)C(=O)NC(C)C1. The van der Waals surface area contributed by atoms with Crippen molar-refractivity contribution < 1.29 is 14.0 Å². The maximum atomic E-state index is 16.3. The monoisotopic (exact) mass is 524 g/mol. The van der Waals surface area contributed by atoms with E-state index in [-0.39, 0.29) is 46.3 Å². The Bertz CT molecular complexity index is 1400. The lowest BCUT2D eigenvalue weighted by molar-refractivity contribution is -0.118. The molecule has 8 nitrogen and oxygen atoms in total. The lowest BCUT2D eigenvalue weighted by Gasteiger charge is -2.32. The number of rotatable bonds is 4. The molecule has 2 N–H and O–H groups in total. The minimum atomic E-state index is -0.540. The molecule has 10 heteroatoms. The molecular weight excluding hydrogens is 495 g/mol. The van der Waals surface area contributed by atoms with E-state index in [1.165, 1.54) is 0 Å². The molecule has 2 aliphatic heterocycles. The predicted molar refractivity (Wildman–Crippen MR) is 140 cm³/mol. The number of carbonyl (C=O) groups is 2. The highest BCUT2D eigenvalue weighted by Gasteiger charge is 2.34. The first-order valence-corrected chi connectivity index (χ1v) is 12.9. The van der Waals surface area contributed by atoms with Crippen LogP contribution < -0.4 is 10.6 Å². The molecule has 4 heterocycles. The molecule has 0 aromatic carbocycles. The number of pyridine rings is 1. The molecule has 2 amide bonds. The molecule has 5 rings (SSSR count). The molecular formula is C27H30ClFN6O2. The van der Waals surface area contributed by atoms with Gasteiger partial charge in [-0.05, 0) is 67.3 Å². The van der Waals surface area contributed by atoms with Gasteiger partial charge in [0.2, 0.25) is 5.28 Å². The molecule has 0 bridgehead atoms. The largest absolute Gasteiger partial charge is 0.349 e.